The van der Waals surface area contributed by atoms with Crippen molar-refractivity contribution in [3.8, 4) is 5.75 Å². The molecule has 0 saturated carbocycles. The van der Waals surface area contributed by atoms with Crippen LogP contribution in [0.25, 0.3) is 0 Å². The van der Waals surface area contributed by atoms with Crippen molar-refractivity contribution >= 4 is 11.4 Å². The standard InChI is InChI=1S/C16H24N2O3/c1-16(10-20)8-12-6-13(17)14(7-15(12)21-16)18-4-2-11(9-19)3-5-18/h6-7,11,19-20H,2-5,8-10,17H2,1H3. The number of nitrogens with two attached hydrogens (primary N) is 1. The molecular formula is C16H24N2O3. The van der Waals surface area contributed by atoms with E-state index in [0.717, 1.165) is 48.6 Å². The summed E-state index contributed by atoms with van der Waals surface area (Å²) in [5, 5.41) is 18.7. The Kier molecular flexibility index (Phi) is 3.71. The molecule has 1 aromatic carbocycles. The summed E-state index contributed by atoms with van der Waals surface area (Å²) in [6, 6.07) is 3.98. The summed E-state index contributed by atoms with van der Waals surface area (Å²) in [7, 11) is 0. The van der Waals surface area contributed by atoms with Gasteiger partial charge in [-0.15, -0.1) is 0 Å². The highest BCUT2D eigenvalue weighted by atomic mass is 16.5. The van der Waals surface area contributed by atoms with E-state index in [1.807, 2.05) is 19.1 Å². The molecule has 2 aliphatic rings. The van der Waals surface area contributed by atoms with Crippen molar-refractivity contribution < 1.29 is 14.9 Å². The molecule has 1 aromatic rings. The second-order valence-electron chi connectivity index (χ2n) is 6.52. The average molecular weight is 292 g/mol. The number of piperidine rings is 1. The number of ether oxygens (including phenoxy) is 1. The van der Waals surface area contributed by atoms with Gasteiger partial charge in [-0.1, -0.05) is 0 Å². The molecule has 4 N–H and O–H groups in total. The van der Waals surface area contributed by atoms with Crippen LogP contribution in [0.1, 0.15) is 25.3 Å². The molecule has 0 spiro atoms. The summed E-state index contributed by atoms with van der Waals surface area (Å²) in [5.41, 5.74) is 8.52. The predicted octanol–water partition coefficient (Wildman–Crippen LogP) is 1.16. The van der Waals surface area contributed by atoms with Crippen LogP contribution in [0.5, 0.6) is 5.75 Å². The van der Waals surface area contributed by atoms with Crippen LogP contribution in [0.3, 0.4) is 0 Å². The molecule has 0 aromatic heterocycles. The van der Waals surface area contributed by atoms with E-state index in [2.05, 4.69) is 4.90 Å². The highest BCUT2D eigenvalue weighted by molar-refractivity contribution is 5.72. The molecule has 5 nitrogen and oxygen atoms in total. The molecular weight excluding hydrogens is 268 g/mol. The Morgan fingerprint density at radius 2 is 2.05 bits per heavy atom. The molecule has 1 atom stereocenters. The zero-order chi connectivity index (χ0) is 15.0. The van der Waals surface area contributed by atoms with Gasteiger partial charge in [0.2, 0.25) is 0 Å². The summed E-state index contributed by atoms with van der Waals surface area (Å²) >= 11 is 0. The first-order valence-corrected chi connectivity index (χ1v) is 7.63. The van der Waals surface area contributed by atoms with Crippen LogP contribution in [0.2, 0.25) is 0 Å². The van der Waals surface area contributed by atoms with Gasteiger partial charge in [0.1, 0.15) is 11.4 Å². The molecule has 2 heterocycles. The van der Waals surface area contributed by atoms with Crippen molar-refractivity contribution in [2.75, 3.05) is 36.9 Å². The van der Waals surface area contributed by atoms with Gasteiger partial charge in [-0.2, -0.15) is 0 Å². The number of anilines is 2. The lowest BCUT2D eigenvalue weighted by molar-refractivity contribution is 0.0447. The lowest BCUT2D eigenvalue weighted by atomic mass is 9.96. The third-order valence-corrected chi connectivity index (χ3v) is 4.68. The zero-order valence-corrected chi connectivity index (χ0v) is 12.5. The molecule has 0 amide bonds. The molecule has 1 unspecified atom stereocenters. The molecule has 0 radical (unpaired) electrons. The van der Waals surface area contributed by atoms with Gasteiger partial charge in [0.25, 0.3) is 0 Å². The monoisotopic (exact) mass is 292 g/mol. The highest BCUT2D eigenvalue weighted by Gasteiger charge is 2.35. The molecule has 5 heteroatoms. The molecule has 3 rings (SSSR count). The zero-order valence-electron chi connectivity index (χ0n) is 12.5. The van der Waals surface area contributed by atoms with E-state index in [0.29, 0.717) is 12.3 Å². The molecule has 1 fully saturated rings. The van der Waals surface area contributed by atoms with Crippen LogP contribution in [0.15, 0.2) is 12.1 Å². The minimum absolute atomic E-state index is 0.00118. The Morgan fingerprint density at radius 1 is 1.33 bits per heavy atom. The van der Waals surface area contributed by atoms with Crippen LogP contribution in [-0.4, -0.2) is 42.1 Å². The Morgan fingerprint density at radius 3 is 2.67 bits per heavy atom. The number of nitrogens with zero attached hydrogens (tertiary/aromatic N) is 1. The van der Waals surface area contributed by atoms with Gasteiger partial charge in [-0.3, -0.25) is 0 Å². The normalized spacial score (nSPS) is 25.8. The number of nitrogen functional groups attached to an aromatic ring is 1. The topological polar surface area (TPSA) is 79.0 Å². The third kappa shape index (κ3) is 2.68. The number of aliphatic hydroxyl groups excluding tert-OH is 2. The van der Waals surface area contributed by atoms with Crippen LogP contribution in [0.4, 0.5) is 11.4 Å². The first kappa shape index (κ1) is 14.5. The highest BCUT2D eigenvalue weighted by Crippen LogP contribution is 2.41. The Balaban J connectivity index is 1.81. The second-order valence-corrected chi connectivity index (χ2v) is 6.52. The maximum Gasteiger partial charge on any atom is 0.133 e. The van der Waals surface area contributed by atoms with Crippen LogP contribution >= 0.6 is 0 Å². The molecule has 2 aliphatic heterocycles. The van der Waals surface area contributed by atoms with E-state index in [1.165, 1.54) is 0 Å². The summed E-state index contributed by atoms with van der Waals surface area (Å²) < 4.78 is 5.90. The van der Waals surface area contributed by atoms with E-state index in [-0.39, 0.29) is 13.2 Å². The Hall–Kier alpha value is -1.46. The van der Waals surface area contributed by atoms with Gasteiger partial charge in [0.05, 0.1) is 18.0 Å². The first-order valence-electron chi connectivity index (χ1n) is 7.63. The maximum atomic E-state index is 9.45. The molecule has 0 aliphatic carbocycles. The maximum absolute atomic E-state index is 9.45. The third-order valence-electron chi connectivity index (χ3n) is 4.68. The number of hydrogen-bond acceptors (Lipinski definition) is 5. The molecule has 21 heavy (non-hydrogen) atoms. The van der Waals surface area contributed by atoms with Gasteiger partial charge < -0.3 is 25.6 Å². The Labute approximate surface area is 125 Å². The van der Waals surface area contributed by atoms with Crippen molar-refractivity contribution in [1.82, 2.24) is 0 Å². The van der Waals surface area contributed by atoms with Crippen LogP contribution < -0.4 is 15.4 Å². The van der Waals surface area contributed by atoms with Crippen molar-refractivity contribution in [2.45, 2.75) is 31.8 Å². The van der Waals surface area contributed by atoms with Gasteiger partial charge in [-0.25, -0.2) is 0 Å². The van der Waals surface area contributed by atoms with E-state index >= 15 is 0 Å². The fourth-order valence-corrected chi connectivity index (χ4v) is 3.29. The minimum Gasteiger partial charge on any atom is -0.484 e. The minimum atomic E-state index is -0.530. The van der Waals surface area contributed by atoms with Crippen LogP contribution in [0, 0.1) is 5.92 Å². The molecule has 0 bridgehead atoms. The number of hydrogen-bond donors (Lipinski definition) is 3. The van der Waals surface area contributed by atoms with E-state index < -0.39 is 5.60 Å². The first-order chi connectivity index (χ1) is 10.0. The fraction of sp³-hybridized carbons (Fsp3) is 0.625. The summed E-state index contributed by atoms with van der Waals surface area (Å²) in [5.74, 6) is 1.24. The fourth-order valence-electron chi connectivity index (χ4n) is 3.29. The van der Waals surface area contributed by atoms with Crippen molar-refractivity contribution in [3.05, 3.63) is 17.7 Å². The number of aliphatic hydroxyl groups is 2. The number of fused-ring (bicyclic) bond motifs is 1. The smallest absolute Gasteiger partial charge is 0.133 e. The summed E-state index contributed by atoms with van der Waals surface area (Å²) in [6.07, 6.45) is 2.67. The quantitative estimate of drug-likeness (QED) is 0.729. The lowest BCUT2D eigenvalue weighted by Crippen LogP contribution is -2.35. The lowest BCUT2D eigenvalue weighted by Gasteiger charge is -2.33. The van der Waals surface area contributed by atoms with Crippen molar-refractivity contribution in [3.63, 3.8) is 0 Å². The molecule has 116 valence electrons. The van der Waals surface area contributed by atoms with Crippen molar-refractivity contribution in [1.29, 1.82) is 0 Å². The second kappa shape index (κ2) is 5.39. The largest absolute Gasteiger partial charge is 0.484 e. The van der Waals surface area contributed by atoms with E-state index in [1.54, 1.807) is 0 Å². The summed E-state index contributed by atoms with van der Waals surface area (Å²) in [6.45, 7) is 4.00. The van der Waals surface area contributed by atoms with E-state index in [4.69, 9.17) is 10.5 Å². The molecule has 1 saturated heterocycles. The summed E-state index contributed by atoms with van der Waals surface area (Å²) in [4.78, 5) is 2.26. The predicted molar refractivity (Wildman–Crippen MR) is 82.7 cm³/mol. The van der Waals surface area contributed by atoms with Gasteiger partial charge in [0.15, 0.2) is 0 Å². The Bertz CT molecular complexity index is 526. The average Bonchev–Trinajstić information content (AvgIpc) is 2.82. The van der Waals surface area contributed by atoms with Crippen molar-refractivity contribution in [2.24, 2.45) is 5.92 Å². The van der Waals surface area contributed by atoms with Crippen LogP contribution in [-0.2, 0) is 6.42 Å². The SMILES string of the molecule is CC1(CO)Cc2cc(N)c(N3CCC(CO)CC3)cc2O1. The van der Waals surface area contributed by atoms with Gasteiger partial charge in [-0.05, 0) is 31.7 Å². The van der Waals surface area contributed by atoms with E-state index in [9.17, 15) is 10.2 Å². The number of benzene rings is 1. The number of rotatable bonds is 3. The van der Waals surface area contributed by atoms with Gasteiger partial charge >= 0.3 is 0 Å². The van der Waals surface area contributed by atoms with Gasteiger partial charge in [0, 0.05) is 37.7 Å².